The van der Waals surface area contributed by atoms with Gasteiger partial charge in [0.1, 0.15) is 22.2 Å². The number of primary sulfonamides is 1. The van der Waals surface area contributed by atoms with Gasteiger partial charge in [0.05, 0.1) is 51.2 Å². The summed E-state index contributed by atoms with van der Waals surface area (Å²) in [5.41, 5.74) is 2.38. The summed E-state index contributed by atoms with van der Waals surface area (Å²) >= 11 is 0. The van der Waals surface area contributed by atoms with Gasteiger partial charge in [-0.3, -0.25) is 32.8 Å². The zero-order valence-electron chi connectivity index (χ0n) is 45.3. The Morgan fingerprint density at radius 2 is 1.39 bits per heavy atom. The van der Waals surface area contributed by atoms with Crippen molar-refractivity contribution in [3.8, 4) is 0 Å². The molecule has 24 nitrogen and oxygen atoms in total. The summed E-state index contributed by atoms with van der Waals surface area (Å²) in [5, 5.41) is 11.6. The van der Waals surface area contributed by atoms with Gasteiger partial charge in [-0.25, -0.2) is 23.5 Å². The Kier molecular flexibility index (Phi) is 17.2. The number of nitrogens with one attached hydrogen (secondary N) is 2. The summed E-state index contributed by atoms with van der Waals surface area (Å²) < 4.78 is 165. The molecule has 0 radical (unpaired) electrons. The number of carbonyl (C=O) groups is 2. The maximum atomic E-state index is 13.5. The van der Waals surface area contributed by atoms with Crippen molar-refractivity contribution >= 4 is 107 Å². The second-order valence-electron chi connectivity index (χ2n) is 20.8. The second-order valence-corrected chi connectivity index (χ2v) is 28.1. The van der Waals surface area contributed by atoms with Crippen molar-refractivity contribution in [2.45, 2.75) is 97.3 Å². The van der Waals surface area contributed by atoms with Crippen LogP contribution in [0.5, 0.6) is 0 Å². The number of rotatable bonds is 21. The van der Waals surface area contributed by atoms with Crippen LogP contribution in [0.15, 0.2) is 135 Å². The summed E-state index contributed by atoms with van der Waals surface area (Å²) in [7, 11) is -23.2. The minimum Gasteiger partial charge on any atom is -0.351 e. The molecular weight excluding hydrogens is 1180 g/mol. The molecule has 0 bridgehead atoms. The normalized spacial score (nSPS) is 16.0. The molecule has 0 unspecified atom stereocenters. The summed E-state index contributed by atoms with van der Waals surface area (Å²) in [6, 6.07) is 15.9. The van der Waals surface area contributed by atoms with Crippen LogP contribution in [0, 0.1) is 0 Å². The molecule has 0 atom stereocenters. The van der Waals surface area contributed by atoms with E-state index in [9.17, 15) is 69.9 Å². The van der Waals surface area contributed by atoms with Crippen LogP contribution in [0.4, 0.5) is 11.4 Å². The van der Waals surface area contributed by atoms with E-state index in [0.29, 0.717) is 46.2 Å². The quantitative estimate of drug-likeness (QED) is 0.0255. The molecule has 83 heavy (non-hydrogen) atoms. The summed E-state index contributed by atoms with van der Waals surface area (Å²) in [5.74, 6) is -1.60. The lowest BCUT2D eigenvalue weighted by Gasteiger charge is -2.27. The number of benzene rings is 4. The summed E-state index contributed by atoms with van der Waals surface area (Å²) in [4.78, 5) is 38.1. The van der Waals surface area contributed by atoms with Gasteiger partial charge in [-0.15, -0.1) is 0 Å². The number of anilines is 1. The molecule has 0 spiro atoms. The highest BCUT2D eigenvalue weighted by Gasteiger charge is 2.46. The fourth-order valence-corrected chi connectivity index (χ4v) is 13.2. The van der Waals surface area contributed by atoms with E-state index in [1.54, 1.807) is 49.1 Å². The third-order valence-electron chi connectivity index (χ3n) is 14.4. The van der Waals surface area contributed by atoms with Gasteiger partial charge in [-0.2, -0.15) is 38.2 Å². The Bertz CT molecular complexity index is 4370. The van der Waals surface area contributed by atoms with Crippen molar-refractivity contribution in [3.05, 3.63) is 144 Å². The van der Waals surface area contributed by atoms with Gasteiger partial charge in [0, 0.05) is 77.6 Å². The van der Waals surface area contributed by atoms with Crippen LogP contribution in [-0.4, -0.2) is 123 Å². The molecule has 2 aromatic heterocycles. The van der Waals surface area contributed by atoms with Crippen LogP contribution in [0.3, 0.4) is 0 Å². The van der Waals surface area contributed by atoms with Gasteiger partial charge in [-0.1, -0.05) is 45.4 Å². The Labute approximate surface area is 480 Å². The third kappa shape index (κ3) is 13.4. The maximum Gasteiger partial charge on any atom is 0.295 e. The lowest BCUT2D eigenvalue weighted by molar-refractivity contribution is -0.438. The van der Waals surface area contributed by atoms with Gasteiger partial charge < -0.3 is 15.5 Å². The second kappa shape index (κ2) is 23.1. The molecule has 29 heteroatoms. The molecule has 2 aliphatic rings. The fourth-order valence-electron chi connectivity index (χ4n) is 10.4. The number of aromatic nitrogens is 3. The molecule has 0 saturated heterocycles. The number of nitrogens with two attached hydrogens (primary N) is 1. The molecule has 2 aliphatic heterocycles. The maximum absolute atomic E-state index is 13.5. The third-order valence-corrected chi connectivity index (χ3v) is 18.6. The lowest BCUT2D eigenvalue weighted by Crippen LogP contribution is -2.31. The molecule has 8 N–H and O–H groups in total. The molecule has 4 heterocycles. The van der Waals surface area contributed by atoms with Crippen LogP contribution >= 0.6 is 0 Å². The van der Waals surface area contributed by atoms with Crippen molar-refractivity contribution in [1.82, 2.24) is 25.6 Å². The number of pyridine rings is 1. The summed E-state index contributed by atoms with van der Waals surface area (Å²) in [6.45, 7) is 9.75. The number of fused-ring (bicyclic) bond motifs is 6. The zero-order valence-corrected chi connectivity index (χ0v) is 49.4. The van der Waals surface area contributed by atoms with E-state index in [-0.39, 0.29) is 64.4 Å². The summed E-state index contributed by atoms with van der Waals surface area (Å²) in [6.07, 6.45) is 11.7. The van der Waals surface area contributed by atoms with E-state index < -0.39 is 88.7 Å². The number of nitrogens with zero attached hydrogens (tertiary/aromatic N) is 5. The van der Waals surface area contributed by atoms with Gasteiger partial charge in [0.2, 0.25) is 21.6 Å². The smallest absolute Gasteiger partial charge is 0.295 e. The van der Waals surface area contributed by atoms with Gasteiger partial charge in [0.25, 0.3) is 46.4 Å². The topological polar surface area (TPSA) is 381 Å². The highest BCUT2D eigenvalue weighted by Crippen LogP contribution is 2.52. The van der Waals surface area contributed by atoms with Crippen molar-refractivity contribution in [1.29, 1.82) is 0 Å². The number of hydrogen-bond donors (Lipinski definition) is 7. The van der Waals surface area contributed by atoms with Crippen molar-refractivity contribution in [2.24, 2.45) is 5.14 Å². The van der Waals surface area contributed by atoms with E-state index in [4.69, 9.17) is 10.1 Å². The number of allylic oxidation sites excluding steroid dienone is 6. The molecular formula is C54H59N8O16S5+. The minimum absolute atomic E-state index is 0.0196. The van der Waals surface area contributed by atoms with Gasteiger partial charge in [0.15, 0.2) is 5.71 Å². The standard InChI is InChI=1S/C54H58N8O16S5/c1-6-7-23-61-43-17-11-33-9-14-36(81(70,71)72)26-40(33)50(43)53(2,3)46(61)19-12-34(42-16-10-35(29-57-42)52(64)56-22-21-49(63)60-32-48-58-30-38(31-59-48)80(55,68)69)13-20-47-54(4,5)51-41-27-37(82(73,74)75)28-45(83(76,77)78)39(41)15-18-44(51)62(47)24-8-25-79(65,66)67/h9-20,26-31H,6-8,21-25,32H2,1-5H3,(H7-,55,56,60,63,64,65,66,67,68,69,70,71,72,73,74,75,76,77,78)/p+1. The molecule has 0 saturated carbocycles. The largest absolute Gasteiger partial charge is 0.351 e. The first kappa shape index (κ1) is 61.9. The first-order valence-electron chi connectivity index (χ1n) is 25.6. The predicted octanol–water partition coefficient (Wildman–Crippen LogP) is 5.78. The average molecular weight is 1240 g/mol. The van der Waals surface area contributed by atoms with E-state index in [0.717, 1.165) is 53.7 Å². The van der Waals surface area contributed by atoms with E-state index in [1.165, 1.54) is 36.5 Å². The molecule has 2 amide bonds. The average Bonchev–Trinajstić information content (AvgIpc) is 1.95. The first-order chi connectivity index (χ1) is 38.6. The van der Waals surface area contributed by atoms with Crippen LogP contribution in [0.25, 0.3) is 27.1 Å². The molecule has 8 rings (SSSR count). The van der Waals surface area contributed by atoms with Crippen LogP contribution in [-0.2, 0) is 72.7 Å². The van der Waals surface area contributed by atoms with Gasteiger partial charge >= 0.3 is 0 Å². The number of sulfonamides is 1. The number of amides is 2. The lowest BCUT2D eigenvalue weighted by atomic mass is 9.79. The predicted molar refractivity (Wildman–Crippen MR) is 308 cm³/mol. The Hall–Kier alpha value is -7.19. The zero-order chi connectivity index (χ0) is 60.8. The Morgan fingerprint density at radius 3 is 2.00 bits per heavy atom. The van der Waals surface area contributed by atoms with Crippen LogP contribution in [0.2, 0.25) is 0 Å². The van der Waals surface area contributed by atoms with E-state index >= 15 is 0 Å². The fraction of sp³-hybridized carbons (Fsp3) is 0.296. The van der Waals surface area contributed by atoms with Crippen LogP contribution in [0.1, 0.15) is 93.3 Å². The van der Waals surface area contributed by atoms with Crippen molar-refractivity contribution in [2.75, 3.05) is 30.3 Å². The van der Waals surface area contributed by atoms with Crippen molar-refractivity contribution in [3.63, 3.8) is 0 Å². The Morgan fingerprint density at radius 1 is 0.711 bits per heavy atom. The monoisotopic (exact) mass is 1240 g/mol. The molecule has 4 aromatic carbocycles. The highest BCUT2D eigenvalue weighted by molar-refractivity contribution is 7.89. The van der Waals surface area contributed by atoms with E-state index in [1.807, 2.05) is 39.0 Å². The Balaban J connectivity index is 1.22. The van der Waals surface area contributed by atoms with E-state index in [2.05, 4.69) is 25.2 Å². The first-order valence-corrected chi connectivity index (χ1v) is 33.0. The number of unbranched alkanes of at least 4 members (excludes halogenated alkanes) is 1. The number of carbonyl (C=O) groups excluding carboxylic acids is 2. The molecule has 0 aliphatic carbocycles. The number of hydrogen-bond acceptors (Lipinski definition) is 16. The molecule has 0 fully saturated rings. The molecule has 6 aromatic rings. The molecule has 440 valence electrons. The van der Waals surface area contributed by atoms with Gasteiger partial charge in [-0.05, 0) is 103 Å². The van der Waals surface area contributed by atoms with Crippen molar-refractivity contribution < 1.29 is 74.5 Å². The minimum atomic E-state index is -5.10. The SMILES string of the molecule is CCCC[N+]1=C(/C=C/C(=C/C=C2/N(CCCS(=O)(=O)O)c3ccc4c(S(=O)(=O)O)cc(S(=O)(=O)O)cc4c3C2(C)C)c2ccc(C(=O)NCCC(=O)NCc3ncc(S(N)(=O)=O)cn3)cn2)C(C)(C)c2c1ccc1ccc(S(=O)(=O)O)cc21. The van der Waals surface area contributed by atoms with Crippen LogP contribution < -0.4 is 20.7 Å². The highest BCUT2D eigenvalue weighted by atomic mass is 32.2.